The number of nitrogens with zero attached hydrogens (tertiary/aromatic N) is 3. The highest BCUT2D eigenvalue weighted by atomic mass is 32.2. The van der Waals surface area contributed by atoms with E-state index in [1.54, 1.807) is 18.2 Å². The molecule has 104 valence electrons. The van der Waals surface area contributed by atoms with Gasteiger partial charge in [0.1, 0.15) is 12.1 Å². The molecule has 6 nitrogen and oxygen atoms in total. The summed E-state index contributed by atoms with van der Waals surface area (Å²) in [5.74, 6) is 0.513. The standard InChI is InChI=1S/C13H13N3O3S/c1-20(18,19)10-2-3-11-9(6-10)4-5-16(11)12-7-13(17)15-8-14-12/h2-3,6-8H,4-5H2,1H3,(H,14,15,17). The fourth-order valence-corrected chi connectivity index (χ4v) is 3.00. The van der Waals surface area contributed by atoms with Crippen LogP contribution in [0.2, 0.25) is 0 Å². The molecule has 1 aliphatic rings. The average molecular weight is 291 g/mol. The molecule has 0 atom stereocenters. The summed E-state index contributed by atoms with van der Waals surface area (Å²) in [5, 5.41) is 9.42. The monoisotopic (exact) mass is 291 g/mol. The van der Waals surface area contributed by atoms with Crippen LogP contribution in [0, 0.1) is 0 Å². The Morgan fingerprint density at radius 2 is 2.05 bits per heavy atom. The maximum absolute atomic E-state index is 11.6. The molecule has 7 heteroatoms. The molecule has 0 unspecified atom stereocenters. The topological polar surface area (TPSA) is 83.4 Å². The van der Waals surface area contributed by atoms with Gasteiger partial charge in [0.05, 0.1) is 4.90 Å². The second-order valence-corrected chi connectivity index (χ2v) is 6.71. The zero-order chi connectivity index (χ0) is 14.3. The highest BCUT2D eigenvalue weighted by molar-refractivity contribution is 7.90. The molecular formula is C13H13N3O3S. The van der Waals surface area contributed by atoms with Gasteiger partial charge in [-0.15, -0.1) is 0 Å². The number of hydrogen-bond acceptors (Lipinski definition) is 6. The molecular weight excluding hydrogens is 278 g/mol. The molecule has 0 bridgehead atoms. The smallest absolute Gasteiger partial charge is 0.215 e. The minimum Gasteiger partial charge on any atom is -0.493 e. The second-order valence-electron chi connectivity index (χ2n) is 4.70. The van der Waals surface area contributed by atoms with Gasteiger partial charge in [-0.2, -0.15) is 0 Å². The highest BCUT2D eigenvalue weighted by Crippen LogP contribution is 2.35. The van der Waals surface area contributed by atoms with E-state index in [0.717, 1.165) is 17.7 Å². The van der Waals surface area contributed by atoms with E-state index in [-0.39, 0.29) is 5.88 Å². The summed E-state index contributed by atoms with van der Waals surface area (Å²) in [6.07, 6.45) is 3.24. The third-order valence-electron chi connectivity index (χ3n) is 3.29. The van der Waals surface area contributed by atoms with Crippen LogP contribution >= 0.6 is 0 Å². The van der Waals surface area contributed by atoms with Crippen molar-refractivity contribution in [1.29, 1.82) is 0 Å². The van der Waals surface area contributed by atoms with E-state index in [9.17, 15) is 13.5 Å². The van der Waals surface area contributed by atoms with Crippen molar-refractivity contribution in [1.82, 2.24) is 9.97 Å². The molecule has 2 aromatic rings. The van der Waals surface area contributed by atoms with Gasteiger partial charge in [0, 0.05) is 24.6 Å². The molecule has 1 N–H and O–H groups in total. The zero-order valence-electron chi connectivity index (χ0n) is 10.8. The maximum Gasteiger partial charge on any atom is 0.215 e. The van der Waals surface area contributed by atoms with Crippen LogP contribution in [-0.2, 0) is 16.3 Å². The SMILES string of the molecule is CS(=O)(=O)c1ccc2c(c1)CCN2c1cc(O)ncn1. The molecule has 0 spiro atoms. The Morgan fingerprint density at radius 1 is 1.25 bits per heavy atom. The number of fused-ring (bicyclic) bond motifs is 1. The van der Waals surface area contributed by atoms with Crippen LogP contribution in [-0.4, -0.2) is 36.3 Å². The first-order valence-corrected chi connectivity index (χ1v) is 7.96. The maximum atomic E-state index is 11.6. The van der Waals surface area contributed by atoms with Gasteiger partial charge in [-0.3, -0.25) is 0 Å². The molecule has 0 aliphatic carbocycles. The summed E-state index contributed by atoms with van der Waals surface area (Å²) < 4.78 is 23.1. The van der Waals surface area contributed by atoms with Crippen molar-refractivity contribution in [2.75, 3.05) is 17.7 Å². The number of aromatic nitrogens is 2. The Labute approximate surface area is 116 Å². The molecule has 20 heavy (non-hydrogen) atoms. The molecule has 1 aromatic carbocycles. The van der Waals surface area contributed by atoms with Crippen LogP contribution in [0.5, 0.6) is 5.88 Å². The van der Waals surface area contributed by atoms with Crippen molar-refractivity contribution in [2.45, 2.75) is 11.3 Å². The summed E-state index contributed by atoms with van der Waals surface area (Å²) in [6.45, 7) is 0.693. The van der Waals surface area contributed by atoms with Crippen LogP contribution < -0.4 is 4.90 Å². The Kier molecular flexibility index (Phi) is 2.86. The predicted molar refractivity (Wildman–Crippen MR) is 74.0 cm³/mol. The van der Waals surface area contributed by atoms with Crippen molar-refractivity contribution >= 4 is 21.3 Å². The van der Waals surface area contributed by atoms with E-state index in [0.29, 0.717) is 17.3 Å². The van der Waals surface area contributed by atoms with Crippen molar-refractivity contribution in [2.24, 2.45) is 0 Å². The first-order chi connectivity index (χ1) is 9.45. The average Bonchev–Trinajstić information content (AvgIpc) is 2.80. The van der Waals surface area contributed by atoms with Crippen LogP contribution in [0.15, 0.2) is 35.5 Å². The quantitative estimate of drug-likeness (QED) is 0.897. The number of aromatic hydroxyl groups is 1. The Bertz CT molecular complexity index is 774. The fraction of sp³-hybridized carbons (Fsp3) is 0.231. The molecule has 2 heterocycles. The van der Waals surface area contributed by atoms with Crippen LogP contribution in [0.1, 0.15) is 5.56 Å². The van der Waals surface area contributed by atoms with Crippen molar-refractivity contribution < 1.29 is 13.5 Å². The molecule has 3 rings (SSSR count). The van der Waals surface area contributed by atoms with E-state index >= 15 is 0 Å². The Hall–Kier alpha value is -2.15. The molecule has 0 radical (unpaired) electrons. The van der Waals surface area contributed by atoms with Crippen LogP contribution in [0.3, 0.4) is 0 Å². The number of sulfone groups is 1. The van der Waals surface area contributed by atoms with Gasteiger partial charge in [0.15, 0.2) is 9.84 Å². The van der Waals surface area contributed by atoms with Crippen LogP contribution in [0.25, 0.3) is 0 Å². The van der Waals surface area contributed by atoms with E-state index < -0.39 is 9.84 Å². The van der Waals surface area contributed by atoms with Gasteiger partial charge in [0.2, 0.25) is 5.88 Å². The number of rotatable bonds is 2. The van der Waals surface area contributed by atoms with Crippen molar-refractivity contribution in [3.05, 3.63) is 36.2 Å². The fourth-order valence-electron chi connectivity index (χ4n) is 2.33. The lowest BCUT2D eigenvalue weighted by atomic mass is 10.2. The minimum atomic E-state index is -3.20. The van der Waals surface area contributed by atoms with E-state index in [1.807, 2.05) is 4.90 Å². The third kappa shape index (κ3) is 2.20. The largest absolute Gasteiger partial charge is 0.493 e. The highest BCUT2D eigenvalue weighted by Gasteiger charge is 2.23. The Balaban J connectivity index is 2.03. The molecule has 1 aliphatic heterocycles. The number of hydrogen-bond donors (Lipinski definition) is 1. The van der Waals surface area contributed by atoms with E-state index in [4.69, 9.17) is 0 Å². The lowest BCUT2D eigenvalue weighted by Gasteiger charge is -2.18. The normalized spacial score (nSPS) is 14.3. The van der Waals surface area contributed by atoms with Gasteiger partial charge >= 0.3 is 0 Å². The number of benzene rings is 1. The third-order valence-corrected chi connectivity index (χ3v) is 4.40. The zero-order valence-corrected chi connectivity index (χ0v) is 11.6. The molecule has 1 aromatic heterocycles. The van der Waals surface area contributed by atoms with E-state index in [2.05, 4.69) is 9.97 Å². The van der Waals surface area contributed by atoms with Gasteiger partial charge in [-0.1, -0.05) is 0 Å². The lowest BCUT2D eigenvalue weighted by Crippen LogP contribution is -2.14. The second kappa shape index (κ2) is 4.45. The summed E-state index contributed by atoms with van der Waals surface area (Å²) >= 11 is 0. The summed E-state index contributed by atoms with van der Waals surface area (Å²) in [4.78, 5) is 10.0. The predicted octanol–water partition coefficient (Wildman–Crippen LogP) is 1.28. The molecule has 0 saturated heterocycles. The van der Waals surface area contributed by atoms with Gasteiger partial charge in [0.25, 0.3) is 0 Å². The summed E-state index contributed by atoms with van der Waals surface area (Å²) in [6, 6.07) is 6.55. The van der Waals surface area contributed by atoms with E-state index in [1.165, 1.54) is 18.6 Å². The first kappa shape index (κ1) is 12.9. The van der Waals surface area contributed by atoms with Crippen LogP contribution in [0.4, 0.5) is 11.5 Å². The van der Waals surface area contributed by atoms with Crippen molar-refractivity contribution in [3.63, 3.8) is 0 Å². The molecule has 0 fully saturated rings. The van der Waals surface area contributed by atoms with Crippen molar-refractivity contribution in [3.8, 4) is 5.88 Å². The molecule has 0 saturated carbocycles. The summed E-state index contributed by atoms with van der Waals surface area (Å²) in [7, 11) is -3.20. The minimum absolute atomic E-state index is 0.0868. The Morgan fingerprint density at radius 3 is 2.75 bits per heavy atom. The summed E-state index contributed by atoms with van der Waals surface area (Å²) in [5.41, 5.74) is 1.88. The number of anilines is 2. The first-order valence-electron chi connectivity index (χ1n) is 6.07. The van der Waals surface area contributed by atoms with Gasteiger partial charge in [-0.25, -0.2) is 18.4 Å². The molecule has 0 amide bonds. The lowest BCUT2D eigenvalue weighted by molar-refractivity contribution is 0.452. The van der Waals surface area contributed by atoms with Gasteiger partial charge in [-0.05, 0) is 30.2 Å². The van der Waals surface area contributed by atoms with Gasteiger partial charge < -0.3 is 10.0 Å².